The van der Waals surface area contributed by atoms with Crippen molar-refractivity contribution >= 4 is 37.3 Å². The summed E-state index contributed by atoms with van der Waals surface area (Å²) in [7, 11) is -0.0467. The topological polar surface area (TPSA) is 75.2 Å². The van der Waals surface area contributed by atoms with Gasteiger partial charge in [0, 0.05) is 37.2 Å². The van der Waals surface area contributed by atoms with Gasteiger partial charge in [-0.1, -0.05) is 0 Å². The van der Waals surface area contributed by atoms with Crippen molar-refractivity contribution in [2.75, 3.05) is 23.7 Å². The van der Waals surface area contributed by atoms with Crippen LogP contribution in [0.15, 0.2) is 46.3 Å². The lowest BCUT2D eigenvalue weighted by Crippen LogP contribution is -2.17. The van der Waals surface area contributed by atoms with Crippen molar-refractivity contribution in [3.8, 4) is 0 Å². The zero-order valence-electron chi connectivity index (χ0n) is 10.9. The van der Waals surface area contributed by atoms with Gasteiger partial charge in [-0.15, -0.1) is 0 Å². The highest BCUT2D eigenvalue weighted by Crippen LogP contribution is 2.25. The number of halogens is 1. The maximum absolute atomic E-state index is 12.3. The smallest absolute Gasteiger partial charge is 0.263 e. The Kier molecular flexibility index (Phi) is 4.24. The van der Waals surface area contributed by atoms with Crippen LogP contribution in [-0.4, -0.2) is 32.5 Å². The zero-order chi connectivity index (χ0) is 14.8. The third kappa shape index (κ3) is 3.26. The monoisotopic (exact) mass is 356 g/mol. The van der Waals surface area contributed by atoms with E-state index in [0.717, 1.165) is 5.69 Å². The molecule has 0 aliphatic carbocycles. The van der Waals surface area contributed by atoms with E-state index in [1.165, 1.54) is 24.7 Å². The van der Waals surface area contributed by atoms with E-state index in [9.17, 15) is 8.42 Å². The van der Waals surface area contributed by atoms with Crippen LogP contribution in [-0.2, 0) is 10.0 Å². The molecule has 0 aliphatic rings. The second-order valence-electron chi connectivity index (χ2n) is 4.23. The fourth-order valence-electron chi connectivity index (χ4n) is 1.60. The van der Waals surface area contributed by atoms with Crippen LogP contribution in [0.25, 0.3) is 0 Å². The van der Waals surface area contributed by atoms with Crippen LogP contribution >= 0.6 is 15.9 Å². The molecule has 0 amide bonds. The first-order chi connectivity index (χ1) is 9.40. The molecular weight excluding hydrogens is 344 g/mol. The third-order valence-electron chi connectivity index (χ3n) is 2.51. The van der Waals surface area contributed by atoms with E-state index in [0.29, 0.717) is 10.2 Å². The fraction of sp³-hybridized carbons (Fsp3) is 0.167. The Morgan fingerprint density at radius 2 is 1.95 bits per heavy atom. The Morgan fingerprint density at radius 1 is 1.20 bits per heavy atom. The van der Waals surface area contributed by atoms with Gasteiger partial charge in [-0.05, 0) is 28.1 Å². The maximum Gasteiger partial charge on any atom is 0.263 e. The van der Waals surface area contributed by atoms with Gasteiger partial charge < -0.3 is 4.90 Å². The molecule has 0 atom stereocenters. The van der Waals surface area contributed by atoms with E-state index >= 15 is 0 Å². The first-order valence-electron chi connectivity index (χ1n) is 5.65. The standard InChI is InChI=1S/C12H13BrN4O2S/c1-17(2)12-3-4-14-8-11(12)16-20(18,19)10-5-9(13)6-15-7-10/h3-8,16H,1-2H3. The first-order valence-corrected chi connectivity index (χ1v) is 7.92. The van der Waals surface area contributed by atoms with Crippen LogP contribution in [0.5, 0.6) is 0 Å². The van der Waals surface area contributed by atoms with Gasteiger partial charge in [0.2, 0.25) is 0 Å². The molecule has 0 aromatic carbocycles. The molecule has 0 bridgehead atoms. The summed E-state index contributed by atoms with van der Waals surface area (Å²) in [6.07, 6.45) is 5.89. The van der Waals surface area contributed by atoms with Gasteiger partial charge in [0.25, 0.3) is 10.0 Å². The van der Waals surface area contributed by atoms with Crippen molar-refractivity contribution in [2.45, 2.75) is 4.90 Å². The molecule has 2 aromatic heterocycles. The Labute approximate surface area is 126 Å². The molecule has 0 aliphatic heterocycles. The van der Waals surface area contributed by atoms with Crippen LogP contribution in [0.4, 0.5) is 11.4 Å². The Bertz CT molecular complexity index is 719. The number of pyridine rings is 2. The number of rotatable bonds is 4. The third-order valence-corrected chi connectivity index (χ3v) is 4.28. The lowest BCUT2D eigenvalue weighted by molar-refractivity contribution is 0.600. The molecule has 20 heavy (non-hydrogen) atoms. The van der Waals surface area contributed by atoms with Crippen LogP contribution in [0.1, 0.15) is 0 Å². The van der Waals surface area contributed by atoms with Crippen molar-refractivity contribution in [3.05, 3.63) is 41.4 Å². The molecular formula is C12H13BrN4O2S. The number of nitrogens with zero attached hydrogens (tertiary/aromatic N) is 3. The lowest BCUT2D eigenvalue weighted by Gasteiger charge is -2.17. The minimum atomic E-state index is -3.70. The average molecular weight is 357 g/mol. The van der Waals surface area contributed by atoms with Gasteiger partial charge in [0.05, 0.1) is 17.6 Å². The molecule has 0 fully saturated rings. The lowest BCUT2D eigenvalue weighted by atomic mass is 10.3. The van der Waals surface area contributed by atoms with Gasteiger partial charge in [-0.3, -0.25) is 14.7 Å². The number of hydrogen-bond donors (Lipinski definition) is 1. The van der Waals surface area contributed by atoms with E-state index in [1.807, 2.05) is 14.1 Å². The van der Waals surface area contributed by atoms with Crippen LogP contribution < -0.4 is 9.62 Å². The molecule has 0 saturated heterocycles. The van der Waals surface area contributed by atoms with Crippen molar-refractivity contribution in [3.63, 3.8) is 0 Å². The minimum Gasteiger partial charge on any atom is -0.376 e. The zero-order valence-corrected chi connectivity index (χ0v) is 13.3. The Balaban J connectivity index is 2.39. The second kappa shape index (κ2) is 5.76. The van der Waals surface area contributed by atoms with Crippen molar-refractivity contribution in [2.24, 2.45) is 0 Å². The quantitative estimate of drug-likeness (QED) is 0.907. The minimum absolute atomic E-state index is 0.0837. The highest BCUT2D eigenvalue weighted by Gasteiger charge is 2.17. The molecule has 106 valence electrons. The number of sulfonamides is 1. The van der Waals surface area contributed by atoms with Gasteiger partial charge in [-0.2, -0.15) is 0 Å². The van der Waals surface area contributed by atoms with E-state index in [-0.39, 0.29) is 4.90 Å². The first kappa shape index (κ1) is 14.7. The molecule has 6 nitrogen and oxygen atoms in total. The van der Waals surface area contributed by atoms with Crippen molar-refractivity contribution in [1.29, 1.82) is 0 Å². The number of nitrogens with one attached hydrogen (secondary N) is 1. The van der Waals surface area contributed by atoms with Crippen molar-refractivity contribution < 1.29 is 8.42 Å². The van der Waals surface area contributed by atoms with E-state index < -0.39 is 10.0 Å². The SMILES string of the molecule is CN(C)c1ccncc1NS(=O)(=O)c1cncc(Br)c1. The normalized spacial score (nSPS) is 11.2. The Hall–Kier alpha value is -1.67. The summed E-state index contributed by atoms with van der Waals surface area (Å²) >= 11 is 3.20. The summed E-state index contributed by atoms with van der Waals surface area (Å²) in [6, 6.07) is 3.22. The summed E-state index contributed by atoms with van der Waals surface area (Å²) in [5, 5.41) is 0. The van der Waals surface area contributed by atoms with Gasteiger partial charge in [-0.25, -0.2) is 8.42 Å². The van der Waals surface area contributed by atoms with Gasteiger partial charge >= 0.3 is 0 Å². The maximum atomic E-state index is 12.3. The van der Waals surface area contributed by atoms with Crippen LogP contribution in [0.3, 0.4) is 0 Å². The molecule has 1 N–H and O–H groups in total. The van der Waals surface area contributed by atoms with Crippen molar-refractivity contribution in [1.82, 2.24) is 9.97 Å². The Morgan fingerprint density at radius 3 is 2.60 bits per heavy atom. The molecule has 2 aromatic rings. The number of aromatic nitrogens is 2. The predicted octanol–water partition coefficient (Wildman–Crippen LogP) is 2.11. The highest BCUT2D eigenvalue weighted by molar-refractivity contribution is 9.10. The molecule has 0 saturated carbocycles. The van der Waals surface area contributed by atoms with E-state index in [2.05, 4.69) is 30.6 Å². The van der Waals surface area contributed by atoms with Gasteiger partial charge in [0.15, 0.2) is 0 Å². The largest absolute Gasteiger partial charge is 0.376 e. The summed E-state index contributed by atoms with van der Waals surface area (Å²) in [5.41, 5.74) is 1.14. The van der Waals surface area contributed by atoms with Crippen LogP contribution in [0.2, 0.25) is 0 Å². The fourth-order valence-corrected chi connectivity index (χ4v) is 3.16. The van der Waals surface area contributed by atoms with E-state index in [1.54, 1.807) is 17.2 Å². The molecule has 0 radical (unpaired) electrons. The predicted molar refractivity (Wildman–Crippen MR) is 81.3 cm³/mol. The number of hydrogen-bond acceptors (Lipinski definition) is 5. The number of anilines is 2. The average Bonchev–Trinajstić information content (AvgIpc) is 2.38. The highest BCUT2D eigenvalue weighted by atomic mass is 79.9. The molecule has 0 unspecified atom stereocenters. The van der Waals surface area contributed by atoms with Gasteiger partial charge in [0.1, 0.15) is 4.90 Å². The summed E-state index contributed by atoms with van der Waals surface area (Å²) in [4.78, 5) is 9.69. The summed E-state index contributed by atoms with van der Waals surface area (Å²) in [6.45, 7) is 0. The second-order valence-corrected chi connectivity index (χ2v) is 6.83. The van der Waals surface area contributed by atoms with Crippen LogP contribution in [0, 0.1) is 0 Å². The van der Waals surface area contributed by atoms with E-state index in [4.69, 9.17) is 0 Å². The molecule has 0 spiro atoms. The molecule has 2 heterocycles. The molecule has 8 heteroatoms. The summed E-state index contributed by atoms with van der Waals surface area (Å²) < 4.78 is 27.7. The summed E-state index contributed by atoms with van der Waals surface area (Å²) in [5.74, 6) is 0. The molecule has 2 rings (SSSR count).